The molecule has 0 aliphatic carbocycles. The van der Waals surface area contributed by atoms with Crippen LogP contribution in [0.1, 0.15) is 26.7 Å². The maximum atomic E-state index is 5.67. The maximum Gasteiger partial charge on any atom is 0.166 e. The molecule has 66 valence electrons. The molecule has 2 unspecified atom stereocenters. The van der Waals surface area contributed by atoms with Gasteiger partial charge < -0.3 is 9.47 Å². The van der Waals surface area contributed by atoms with Crippen molar-refractivity contribution in [2.75, 3.05) is 11.9 Å². The molecule has 0 aromatic carbocycles. The number of alkyl halides is 1. The van der Waals surface area contributed by atoms with Gasteiger partial charge in [-0.3, -0.25) is 0 Å². The molecule has 0 saturated carbocycles. The Bertz CT molecular complexity index is 129. The lowest BCUT2D eigenvalue weighted by Crippen LogP contribution is -2.26. The lowest BCUT2D eigenvalue weighted by Gasteiger charge is -2.21. The third-order valence-electron chi connectivity index (χ3n) is 1.87. The average Bonchev–Trinajstić information content (AvgIpc) is 2.33. The van der Waals surface area contributed by atoms with Crippen LogP contribution in [0.2, 0.25) is 0 Å². The lowest BCUT2D eigenvalue weighted by atomic mass is 10.2. The van der Waals surface area contributed by atoms with E-state index in [4.69, 9.17) is 9.47 Å². The molecule has 1 fully saturated rings. The molecule has 1 aliphatic rings. The first-order valence-electron chi connectivity index (χ1n) is 4.08. The van der Waals surface area contributed by atoms with Gasteiger partial charge in [-0.1, -0.05) is 29.3 Å². The Kier molecular flexibility index (Phi) is 3.34. The fourth-order valence-electron chi connectivity index (χ4n) is 1.35. The van der Waals surface area contributed by atoms with Crippen LogP contribution in [0.3, 0.4) is 0 Å². The van der Waals surface area contributed by atoms with Gasteiger partial charge in [0.1, 0.15) is 0 Å². The molecule has 0 bridgehead atoms. The summed E-state index contributed by atoms with van der Waals surface area (Å²) in [7, 11) is 0. The fraction of sp³-hybridized carbons (Fsp3) is 1.00. The minimum Gasteiger partial charge on any atom is -0.347 e. The van der Waals surface area contributed by atoms with Gasteiger partial charge in [-0.2, -0.15) is 0 Å². The number of hydrogen-bond donors (Lipinski definition) is 0. The average molecular weight is 223 g/mol. The zero-order valence-electron chi connectivity index (χ0n) is 7.10. The van der Waals surface area contributed by atoms with E-state index in [1.54, 1.807) is 0 Å². The largest absolute Gasteiger partial charge is 0.347 e. The van der Waals surface area contributed by atoms with E-state index in [-0.39, 0.29) is 11.9 Å². The summed E-state index contributed by atoms with van der Waals surface area (Å²) in [6, 6.07) is 0. The van der Waals surface area contributed by atoms with Crippen molar-refractivity contribution in [3.63, 3.8) is 0 Å². The van der Waals surface area contributed by atoms with Gasteiger partial charge in [0.25, 0.3) is 0 Å². The van der Waals surface area contributed by atoms with Crippen LogP contribution >= 0.6 is 15.9 Å². The predicted molar refractivity (Wildman–Crippen MR) is 47.9 cm³/mol. The van der Waals surface area contributed by atoms with Crippen LogP contribution in [0.4, 0.5) is 0 Å². The van der Waals surface area contributed by atoms with Crippen LogP contribution in [-0.4, -0.2) is 23.8 Å². The van der Waals surface area contributed by atoms with Crippen LogP contribution in [0.25, 0.3) is 0 Å². The van der Waals surface area contributed by atoms with E-state index in [2.05, 4.69) is 22.9 Å². The predicted octanol–water partition coefficient (Wildman–Crippen LogP) is 2.31. The second kappa shape index (κ2) is 3.87. The van der Waals surface area contributed by atoms with Crippen molar-refractivity contribution in [3.05, 3.63) is 0 Å². The molecule has 2 nitrogen and oxygen atoms in total. The normalized spacial score (nSPS) is 37.9. The van der Waals surface area contributed by atoms with Crippen LogP contribution in [0.5, 0.6) is 0 Å². The van der Waals surface area contributed by atoms with Gasteiger partial charge in [0.15, 0.2) is 5.79 Å². The van der Waals surface area contributed by atoms with Crippen LogP contribution in [-0.2, 0) is 9.47 Å². The lowest BCUT2D eigenvalue weighted by molar-refractivity contribution is -0.155. The molecule has 1 rings (SSSR count). The van der Waals surface area contributed by atoms with Gasteiger partial charge in [-0.05, 0) is 6.92 Å². The summed E-state index contributed by atoms with van der Waals surface area (Å²) in [5.74, 6) is -0.312. The summed E-state index contributed by atoms with van der Waals surface area (Å²) < 4.78 is 11.2. The molecule has 0 aromatic rings. The number of hydrogen-bond acceptors (Lipinski definition) is 2. The molecular formula is C8H15BrO2. The fourth-order valence-corrected chi connectivity index (χ4v) is 1.67. The summed E-state index contributed by atoms with van der Waals surface area (Å²) in [6.45, 7) is 4.88. The van der Waals surface area contributed by atoms with E-state index in [9.17, 15) is 0 Å². The molecule has 1 heterocycles. The Morgan fingerprint density at radius 2 is 2.36 bits per heavy atom. The molecule has 0 radical (unpaired) electrons. The minimum atomic E-state index is -0.312. The third-order valence-corrected chi connectivity index (χ3v) is 2.59. The smallest absolute Gasteiger partial charge is 0.166 e. The van der Waals surface area contributed by atoms with Gasteiger partial charge in [0.2, 0.25) is 0 Å². The summed E-state index contributed by atoms with van der Waals surface area (Å²) in [6.07, 6.45) is 2.33. The molecule has 1 saturated heterocycles. The van der Waals surface area contributed by atoms with Crippen LogP contribution < -0.4 is 0 Å². The molecule has 3 heteroatoms. The number of rotatable bonds is 3. The van der Waals surface area contributed by atoms with Gasteiger partial charge >= 0.3 is 0 Å². The molecule has 0 N–H and O–H groups in total. The highest BCUT2D eigenvalue weighted by molar-refractivity contribution is 9.09. The van der Waals surface area contributed by atoms with Gasteiger partial charge in [-0.15, -0.1) is 0 Å². The van der Waals surface area contributed by atoms with Crippen molar-refractivity contribution in [2.45, 2.75) is 38.6 Å². The Morgan fingerprint density at radius 1 is 1.64 bits per heavy atom. The molecule has 0 spiro atoms. The Balaban J connectivity index is 2.37. The highest BCUT2D eigenvalue weighted by Crippen LogP contribution is 2.28. The Morgan fingerprint density at radius 3 is 2.82 bits per heavy atom. The number of halogens is 1. The first-order valence-corrected chi connectivity index (χ1v) is 5.20. The molecule has 0 amide bonds. The van der Waals surface area contributed by atoms with Gasteiger partial charge in [-0.25, -0.2) is 0 Å². The standard InChI is InChI=1S/C8H15BrO2/c1-3-4-8(2)10-6-7(5-9)11-8/h7H,3-6H2,1-2H3. The van der Waals surface area contributed by atoms with Crippen molar-refractivity contribution in [1.82, 2.24) is 0 Å². The molecule has 0 aromatic heterocycles. The summed E-state index contributed by atoms with van der Waals surface area (Å²) in [4.78, 5) is 0. The second-order valence-corrected chi connectivity index (χ2v) is 3.74. The molecule has 2 atom stereocenters. The zero-order chi connectivity index (χ0) is 8.32. The quantitative estimate of drug-likeness (QED) is 0.683. The molecular weight excluding hydrogens is 208 g/mol. The van der Waals surface area contributed by atoms with Crippen molar-refractivity contribution >= 4 is 15.9 Å². The van der Waals surface area contributed by atoms with E-state index in [0.717, 1.165) is 24.8 Å². The van der Waals surface area contributed by atoms with Crippen molar-refractivity contribution in [3.8, 4) is 0 Å². The highest BCUT2D eigenvalue weighted by Gasteiger charge is 2.35. The maximum absolute atomic E-state index is 5.67. The van der Waals surface area contributed by atoms with Gasteiger partial charge in [0, 0.05) is 11.8 Å². The SMILES string of the molecule is CCCC1(C)OCC(CBr)O1. The van der Waals surface area contributed by atoms with Crippen LogP contribution in [0, 0.1) is 0 Å². The van der Waals surface area contributed by atoms with E-state index < -0.39 is 0 Å². The number of ether oxygens (including phenoxy) is 2. The molecule has 11 heavy (non-hydrogen) atoms. The van der Waals surface area contributed by atoms with E-state index in [1.807, 2.05) is 6.92 Å². The topological polar surface area (TPSA) is 18.5 Å². The van der Waals surface area contributed by atoms with E-state index in [1.165, 1.54) is 0 Å². The molecule has 1 aliphatic heterocycles. The Hall–Kier alpha value is 0.400. The first-order chi connectivity index (χ1) is 5.20. The second-order valence-electron chi connectivity index (χ2n) is 3.09. The minimum absolute atomic E-state index is 0.242. The van der Waals surface area contributed by atoms with Gasteiger partial charge in [0.05, 0.1) is 12.7 Å². The van der Waals surface area contributed by atoms with E-state index in [0.29, 0.717) is 0 Å². The van der Waals surface area contributed by atoms with Crippen molar-refractivity contribution in [2.24, 2.45) is 0 Å². The summed E-state index contributed by atoms with van der Waals surface area (Å²) in [5, 5.41) is 0.867. The van der Waals surface area contributed by atoms with Crippen molar-refractivity contribution < 1.29 is 9.47 Å². The van der Waals surface area contributed by atoms with Crippen molar-refractivity contribution in [1.29, 1.82) is 0 Å². The Labute approximate surface area is 76.4 Å². The van der Waals surface area contributed by atoms with Crippen LogP contribution in [0.15, 0.2) is 0 Å². The zero-order valence-corrected chi connectivity index (χ0v) is 8.69. The summed E-state index contributed by atoms with van der Waals surface area (Å²) >= 11 is 3.37. The first kappa shape index (κ1) is 9.49. The summed E-state index contributed by atoms with van der Waals surface area (Å²) in [5.41, 5.74) is 0. The monoisotopic (exact) mass is 222 g/mol. The van der Waals surface area contributed by atoms with E-state index >= 15 is 0 Å². The third kappa shape index (κ3) is 2.42. The highest BCUT2D eigenvalue weighted by atomic mass is 79.9.